The average Bonchev–Trinajstić information content (AvgIpc) is 2.48. The molecule has 0 aliphatic heterocycles. The number of benzene rings is 2. The average molecular weight is 285 g/mol. The van der Waals surface area contributed by atoms with Gasteiger partial charge in [-0.15, -0.1) is 0 Å². The van der Waals surface area contributed by atoms with Crippen LogP contribution in [-0.2, 0) is 17.8 Å². The minimum Gasteiger partial charge on any atom is -0.478 e. The van der Waals surface area contributed by atoms with Crippen LogP contribution in [0, 0.1) is 0 Å². The highest BCUT2D eigenvalue weighted by atomic mass is 16.4. The molecule has 108 valence electrons. The van der Waals surface area contributed by atoms with Crippen LogP contribution in [0.5, 0.6) is 0 Å². The number of anilines is 1. The summed E-state index contributed by atoms with van der Waals surface area (Å²) in [6.45, 7) is -0.0553. The van der Waals surface area contributed by atoms with Gasteiger partial charge in [-0.2, -0.15) is 0 Å². The molecule has 5 heteroatoms. The number of rotatable bonds is 5. The fraction of sp³-hybridized carbons (Fsp3) is 0.125. The van der Waals surface area contributed by atoms with Crippen molar-refractivity contribution in [3.63, 3.8) is 0 Å². The Morgan fingerprint density at radius 3 is 2.29 bits per heavy atom. The second-order valence-electron chi connectivity index (χ2n) is 4.54. The maximum absolute atomic E-state index is 12.0. The molecule has 0 fully saturated rings. The van der Waals surface area contributed by atoms with E-state index in [0.29, 0.717) is 11.3 Å². The van der Waals surface area contributed by atoms with E-state index in [1.165, 1.54) is 6.07 Å². The van der Waals surface area contributed by atoms with Crippen molar-refractivity contribution in [3.05, 3.63) is 65.2 Å². The highest BCUT2D eigenvalue weighted by Gasteiger charge is 2.12. The number of hydrogen-bond acceptors (Lipinski definition) is 3. The largest absolute Gasteiger partial charge is 0.478 e. The van der Waals surface area contributed by atoms with Crippen LogP contribution < -0.4 is 5.32 Å². The van der Waals surface area contributed by atoms with E-state index in [0.717, 1.165) is 5.56 Å². The molecule has 0 aliphatic carbocycles. The Kier molecular flexibility index (Phi) is 4.68. The predicted octanol–water partition coefficient (Wildman–Crippen LogP) is 2.06. The van der Waals surface area contributed by atoms with Crippen molar-refractivity contribution in [2.24, 2.45) is 0 Å². The summed E-state index contributed by atoms with van der Waals surface area (Å²) in [7, 11) is 0. The van der Waals surface area contributed by atoms with Gasteiger partial charge in [-0.3, -0.25) is 4.79 Å². The van der Waals surface area contributed by atoms with Crippen LogP contribution in [0.1, 0.15) is 21.5 Å². The molecule has 0 saturated heterocycles. The molecular formula is C16H15NO4. The van der Waals surface area contributed by atoms with Gasteiger partial charge in [-0.05, 0) is 29.3 Å². The van der Waals surface area contributed by atoms with E-state index in [-0.39, 0.29) is 24.5 Å². The zero-order valence-electron chi connectivity index (χ0n) is 11.2. The SMILES string of the molecule is O=C(Cc1ccccc1C(=O)O)Nc1ccc(CO)cc1. The number of hydrogen-bond donors (Lipinski definition) is 3. The molecular weight excluding hydrogens is 270 g/mol. The monoisotopic (exact) mass is 285 g/mol. The first kappa shape index (κ1) is 14.7. The van der Waals surface area contributed by atoms with Crippen LogP contribution in [-0.4, -0.2) is 22.1 Å². The number of carbonyl (C=O) groups excluding carboxylic acids is 1. The number of carboxylic acid groups (broad SMARTS) is 1. The van der Waals surface area contributed by atoms with E-state index >= 15 is 0 Å². The standard InChI is InChI=1S/C16H15NO4/c18-10-11-5-7-13(8-6-11)17-15(19)9-12-3-1-2-4-14(12)16(20)21/h1-8,18H,9-10H2,(H,17,19)(H,20,21). The zero-order chi connectivity index (χ0) is 15.2. The number of aromatic carboxylic acids is 1. The molecule has 0 unspecified atom stereocenters. The van der Waals surface area contributed by atoms with Gasteiger partial charge in [0.2, 0.25) is 5.91 Å². The summed E-state index contributed by atoms with van der Waals surface area (Å²) in [4.78, 5) is 23.0. The zero-order valence-corrected chi connectivity index (χ0v) is 11.2. The predicted molar refractivity (Wildman–Crippen MR) is 78.1 cm³/mol. The van der Waals surface area contributed by atoms with Crippen molar-refractivity contribution < 1.29 is 19.8 Å². The highest BCUT2D eigenvalue weighted by molar-refractivity contribution is 5.96. The summed E-state index contributed by atoms with van der Waals surface area (Å²) < 4.78 is 0. The smallest absolute Gasteiger partial charge is 0.335 e. The maximum atomic E-state index is 12.0. The van der Waals surface area contributed by atoms with Crippen molar-refractivity contribution in [2.45, 2.75) is 13.0 Å². The molecule has 21 heavy (non-hydrogen) atoms. The second kappa shape index (κ2) is 6.67. The molecule has 0 spiro atoms. The van der Waals surface area contributed by atoms with Crippen LogP contribution in [0.25, 0.3) is 0 Å². The summed E-state index contributed by atoms with van der Waals surface area (Å²) in [6.07, 6.45) is -0.00970. The van der Waals surface area contributed by atoms with Crippen molar-refractivity contribution in [1.29, 1.82) is 0 Å². The molecule has 5 nitrogen and oxygen atoms in total. The number of amides is 1. The van der Waals surface area contributed by atoms with Crippen molar-refractivity contribution >= 4 is 17.6 Å². The molecule has 0 heterocycles. The minimum absolute atomic E-state index is 0.00970. The number of aliphatic hydroxyl groups is 1. The Morgan fingerprint density at radius 1 is 1.00 bits per heavy atom. The fourth-order valence-corrected chi connectivity index (χ4v) is 1.95. The first-order valence-electron chi connectivity index (χ1n) is 6.41. The Morgan fingerprint density at radius 2 is 1.67 bits per heavy atom. The lowest BCUT2D eigenvalue weighted by Crippen LogP contribution is -2.16. The summed E-state index contributed by atoms with van der Waals surface area (Å²) in [5.41, 5.74) is 1.95. The molecule has 0 aliphatic rings. The van der Waals surface area contributed by atoms with Gasteiger partial charge < -0.3 is 15.5 Å². The lowest BCUT2D eigenvalue weighted by atomic mass is 10.0. The van der Waals surface area contributed by atoms with E-state index in [9.17, 15) is 9.59 Å². The van der Waals surface area contributed by atoms with Crippen molar-refractivity contribution in [3.8, 4) is 0 Å². The van der Waals surface area contributed by atoms with E-state index in [1.807, 2.05) is 0 Å². The summed E-state index contributed by atoms with van der Waals surface area (Å²) in [6, 6.07) is 13.2. The summed E-state index contributed by atoms with van der Waals surface area (Å²) in [5.74, 6) is -1.34. The van der Waals surface area contributed by atoms with Crippen LogP contribution in [0.2, 0.25) is 0 Å². The number of carbonyl (C=O) groups is 2. The lowest BCUT2D eigenvalue weighted by Gasteiger charge is -2.08. The third-order valence-corrected chi connectivity index (χ3v) is 3.02. The number of carboxylic acids is 1. The van der Waals surface area contributed by atoms with E-state index in [2.05, 4.69) is 5.32 Å². The van der Waals surface area contributed by atoms with Crippen molar-refractivity contribution in [1.82, 2.24) is 0 Å². The van der Waals surface area contributed by atoms with E-state index in [1.54, 1.807) is 42.5 Å². The van der Waals surface area contributed by atoms with Gasteiger partial charge in [0.25, 0.3) is 0 Å². The van der Waals surface area contributed by atoms with Gasteiger partial charge in [0.15, 0.2) is 0 Å². The molecule has 0 saturated carbocycles. The second-order valence-corrected chi connectivity index (χ2v) is 4.54. The fourth-order valence-electron chi connectivity index (χ4n) is 1.95. The highest BCUT2D eigenvalue weighted by Crippen LogP contribution is 2.13. The quantitative estimate of drug-likeness (QED) is 0.784. The lowest BCUT2D eigenvalue weighted by molar-refractivity contribution is -0.115. The van der Waals surface area contributed by atoms with Crippen LogP contribution in [0.15, 0.2) is 48.5 Å². The summed E-state index contributed by atoms with van der Waals surface area (Å²) in [5, 5.41) is 20.7. The Hall–Kier alpha value is -2.66. The molecule has 0 aromatic heterocycles. The molecule has 0 radical (unpaired) electrons. The first-order valence-corrected chi connectivity index (χ1v) is 6.41. The Labute approximate surface area is 121 Å². The molecule has 2 rings (SSSR count). The topological polar surface area (TPSA) is 86.6 Å². The van der Waals surface area contributed by atoms with Crippen LogP contribution >= 0.6 is 0 Å². The van der Waals surface area contributed by atoms with E-state index < -0.39 is 5.97 Å². The maximum Gasteiger partial charge on any atom is 0.335 e. The molecule has 0 atom stereocenters. The Bertz CT molecular complexity index is 650. The Balaban J connectivity index is 2.06. The normalized spacial score (nSPS) is 10.1. The van der Waals surface area contributed by atoms with Crippen LogP contribution in [0.3, 0.4) is 0 Å². The summed E-state index contributed by atoms with van der Waals surface area (Å²) >= 11 is 0. The molecule has 2 aromatic carbocycles. The third-order valence-electron chi connectivity index (χ3n) is 3.02. The van der Waals surface area contributed by atoms with Gasteiger partial charge in [0, 0.05) is 5.69 Å². The van der Waals surface area contributed by atoms with Gasteiger partial charge in [-0.25, -0.2) is 4.79 Å². The molecule has 1 amide bonds. The number of nitrogens with one attached hydrogen (secondary N) is 1. The molecule has 3 N–H and O–H groups in total. The van der Waals surface area contributed by atoms with E-state index in [4.69, 9.17) is 10.2 Å². The van der Waals surface area contributed by atoms with Gasteiger partial charge >= 0.3 is 5.97 Å². The van der Waals surface area contributed by atoms with Gasteiger partial charge in [-0.1, -0.05) is 30.3 Å². The first-order chi connectivity index (χ1) is 10.1. The van der Waals surface area contributed by atoms with Crippen molar-refractivity contribution in [2.75, 3.05) is 5.32 Å². The molecule has 0 bridgehead atoms. The number of aliphatic hydroxyl groups excluding tert-OH is 1. The van der Waals surface area contributed by atoms with Crippen LogP contribution in [0.4, 0.5) is 5.69 Å². The minimum atomic E-state index is -1.05. The third kappa shape index (κ3) is 3.90. The van der Waals surface area contributed by atoms with Gasteiger partial charge in [0.05, 0.1) is 18.6 Å². The molecule has 2 aromatic rings. The van der Waals surface area contributed by atoms with Gasteiger partial charge in [0.1, 0.15) is 0 Å².